The molecule has 0 N–H and O–H groups in total. The lowest BCUT2D eigenvalue weighted by molar-refractivity contribution is 1.03. The third-order valence-corrected chi connectivity index (χ3v) is 2.14. The van der Waals surface area contributed by atoms with Crippen LogP contribution in [0.15, 0.2) is 23.2 Å². The fraction of sp³-hybridized carbons (Fsp3) is 0.222. The van der Waals surface area contributed by atoms with Crippen molar-refractivity contribution in [2.45, 2.75) is 12.8 Å². The van der Waals surface area contributed by atoms with Crippen LogP contribution in [-0.2, 0) is 6.42 Å². The normalized spacial score (nSPS) is 14.6. The Kier molecular flexibility index (Phi) is 1.66. The van der Waals surface area contributed by atoms with Crippen molar-refractivity contribution in [1.29, 1.82) is 0 Å². The van der Waals surface area contributed by atoms with Crippen LogP contribution in [0.4, 0.5) is 5.69 Å². The highest BCUT2D eigenvalue weighted by Crippen LogP contribution is 2.31. The number of para-hydroxylation sites is 1. The molecule has 1 aliphatic heterocycles. The Morgan fingerprint density at radius 3 is 3.09 bits per heavy atom. The summed E-state index contributed by atoms with van der Waals surface area (Å²) in [6.07, 6.45) is 4.03. The SMILES string of the molecule is Clc1cccc2c1N=CCC2. The molecular weight excluding hydrogens is 158 g/mol. The highest BCUT2D eigenvalue weighted by atomic mass is 35.5. The van der Waals surface area contributed by atoms with Gasteiger partial charge >= 0.3 is 0 Å². The number of aliphatic imine (C=N–C) groups is 1. The molecule has 0 bridgehead atoms. The maximum absolute atomic E-state index is 5.93. The molecule has 0 atom stereocenters. The van der Waals surface area contributed by atoms with Crippen LogP contribution in [0.1, 0.15) is 12.0 Å². The van der Waals surface area contributed by atoms with E-state index in [1.54, 1.807) is 0 Å². The summed E-state index contributed by atoms with van der Waals surface area (Å²) in [4.78, 5) is 4.24. The summed E-state index contributed by atoms with van der Waals surface area (Å²) in [6, 6.07) is 5.93. The monoisotopic (exact) mass is 165 g/mol. The summed E-state index contributed by atoms with van der Waals surface area (Å²) < 4.78 is 0. The summed E-state index contributed by atoms with van der Waals surface area (Å²) in [6.45, 7) is 0. The van der Waals surface area contributed by atoms with E-state index in [1.807, 2.05) is 18.3 Å². The van der Waals surface area contributed by atoms with Crippen molar-refractivity contribution in [3.63, 3.8) is 0 Å². The van der Waals surface area contributed by atoms with Crippen molar-refractivity contribution in [2.75, 3.05) is 0 Å². The first-order chi connectivity index (χ1) is 5.38. The molecule has 1 aromatic rings. The van der Waals surface area contributed by atoms with Crippen molar-refractivity contribution >= 4 is 23.5 Å². The molecule has 2 rings (SSSR count). The van der Waals surface area contributed by atoms with E-state index in [9.17, 15) is 0 Å². The molecule has 0 aromatic heterocycles. The summed E-state index contributed by atoms with van der Waals surface area (Å²) >= 11 is 5.93. The molecule has 0 unspecified atom stereocenters. The maximum Gasteiger partial charge on any atom is 0.0843 e. The third kappa shape index (κ3) is 1.16. The Morgan fingerprint density at radius 1 is 1.36 bits per heavy atom. The molecule has 0 radical (unpaired) electrons. The van der Waals surface area contributed by atoms with Gasteiger partial charge in [-0.1, -0.05) is 23.7 Å². The highest BCUT2D eigenvalue weighted by molar-refractivity contribution is 6.33. The van der Waals surface area contributed by atoms with Gasteiger partial charge in [-0.3, -0.25) is 4.99 Å². The van der Waals surface area contributed by atoms with Crippen LogP contribution in [-0.4, -0.2) is 6.21 Å². The second-order valence-electron chi connectivity index (χ2n) is 2.60. The van der Waals surface area contributed by atoms with Gasteiger partial charge in [0.2, 0.25) is 0 Å². The minimum absolute atomic E-state index is 0.762. The zero-order chi connectivity index (χ0) is 7.68. The van der Waals surface area contributed by atoms with Gasteiger partial charge in [0.1, 0.15) is 0 Å². The zero-order valence-corrected chi connectivity index (χ0v) is 6.80. The van der Waals surface area contributed by atoms with Gasteiger partial charge < -0.3 is 0 Å². The van der Waals surface area contributed by atoms with Crippen LogP contribution in [0.25, 0.3) is 0 Å². The Hall–Kier alpha value is -0.820. The average Bonchev–Trinajstić information content (AvgIpc) is 2.06. The Labute approximate surface area is 70.7 Å². The third-order valence-electron chi connectivity index (χ3n) is 1.83. The molecule has 1 aliphatic rings. The lowest BCUT2D eigenvalue weighted by Crippen LogP contribution is -1.93. The molecular formula is C9H8ClN. The molecule has 0 saturated heterocycles. The molecule has 0 aliphatic carbocycles. The van der Waals surface area contributed by atoms with Gasteiger partial charge in [0.05, 0.1) is 10.7 Å². The molecule has 11 heavy (non-hydrogen) atoms. The number of hydrogen-bond donors (Lipinski definition) is 0. The lowest BCUT2D eigenvalue weighted by atomic mass is 10.1. The van der Waals surface area contributed by atoms with Gasteiger partial charge in [-0.2, -0.15) is 0 Å². The summed E-state index contributed by atoms with van der Waals surface area (Å²) in [5.41, 5.74) is 2.22. The molecule has 0 amide bonds. The predicted molar refractivity (Wildman–Crippen MR) is 47.9 cm³/mol. The van der Waals surface area contributed by atoms with Crippen LogP contribution in [0.3, 0.4) is 0 Å². The number of nitrogens with zero attached hydrogens (tertiary/aromatic N) is 1. The zero-order valence-electron chi connectivity index (χ0n) is 6.05. The quantitative estimate of drug-likeness (QED) is 0.561. The maximum atomic E-state index is 5.93. The summed E-state index contributed by atoms with van der Waals surface area (Å²) in [7, 11) is 0. The van der Waals surface area contributed by atoms with Crippen molar-refractivity contribution < 1.29 is 0 Å². The minimum atomic E-state index is 0.762. The van der Waals surface area contributed by atoms with Gasteiger partial charge in [0.15, 0.2) is 0 Å². The number of rotatable bonds is 0. The minimum Gasteiger partial charge on any atom is -0.259 e. The molecule has 1 heterocycles. The van der Waals surface area contributed by atoms with E-state index in [1.165, 1.54) is 5.56 Å². The Bertz CT molecular complexity index is 304. The highest BCUT2D eigenvalue weighted by Gasteiger charge is 2.07. The van der Waals surface area contributed by atoms with Crippen LogP contribution in [0.2, 0.25) is 5.02 Å². The predicted octanol–water partition coefficient (Wildman–Crippen LogP) is 2.99. The Morgan fingerprint density at radius 2 is 2.27 bits per heavy atom. The molecule has 0 spiro atoms. The van der Waals surface area contributed by atoms with Crippen LogP contribution in [0, 0.1) is 0 Å². The van der Waals surface area contributed by atoms with Crippen molar-refractivity contribution in [2.24, 2.45) is 4.99 Å². The van der Waals surface area contributed by atoms with Gasteiger partial charge in [0.25, 0.3) is 0 Å². The van der Waals surface area contributed by atoms with E-state index >= 15 is 0 Å². The molecule has 2 heteroatoms. The van der Waals surface area contributed by atoms with Crippen LogP contribution < -0.4 is 0 Å². The van der Waals surface area contributed by atoms with Gasteiger partial charge in [0, 0.05) is 6.21 Å². The number of aryl methyl sites for hydroxylation is 1. The van der Waals surface area contributed by atoms with Crippen molar-refractivity contribution in [3.8, 4) is 0 Å². The molecule has 0 saturated carbocycles. The van der Waals surface area contributed by atoms with Crippen LogP contribution >= 0.6 is 11.6 Å². The number of benzene rings is 1. The average molecular weight is 166 g/mol. The first kappa shape index (κ1) is 6.86. The summed E-state index contributed by atoms with van der Waals surface area (Å²) in [5.74, 6) is 0. The van der Waals surface area contributed by atoms with Crippen molar-refractivity contribution in [1.82, 2.24) is 0 Å². The van der Waals surface area contributed by atoms with Gasteiger partial charge in [-0.05, 0) is 24.5 Å². The number of halogens is 1. The first-order valence-corrected chi connectivity index (χ1v) is 4.05. The van der Waals surface area contributed by atoms with Crippen LogP contribution in [0.5, 0.6) is 0 Å². The second kappa shape index (κ2) is 2.67. The second-order valence-corrected chi connectivity index (χ2v) is 3.01. The smallest absolute Gasteiger partial charge is 0.0843 e. The first-order valence-electron chi connectivity index (χ1n) is 3.68. The Balaban J connectivity index is 2.60. The fourth-order valence-corrected chi connectivity index (χ4v) is 1.53. The van der Waals surface area contributed by atoms with E-state index in [0.717, 1.165) is 23.6 Å². The lowest BCUT2D eigenvalue weighted by Gasteiger charge is -2.09. The molecule has 0 fully saturated rings. The van der Waals surface area contributed by atoms with Gasteiger partial charge in [-0.25, -0.2) is 0 Å². The van der Waals surface area contributed by atoms with Crippen molar-refractivity contribution in [3.05, 3.63) is 28.8 Å². The van der Waals surface area contributed by atoms with E-state index in [-0.39, 0.29) is 0 Å². The molecule has 1 aromatic carbocycles. The van der Waals surface area contributed by atoms with E-state index in [0.29, 0.717) is 0 Å². The van der Waals surface area contributed by atoms with E-state index in [2.05, 4.69) is 11.1 Å². The number of fused-ring (bicyclic) bond motifs is 1. The van der Waals surface area contributed by atoms with E-state index in [4.69, 9.17) is 11.6 Å². The summed E-state index contributed by atoms with van der Waals surface area (Å²) in [5, 5.41) is 0.762. The fourth-order valence-electron chi connectivity index (χ4n) is 1.28. The van der Waals surface area contributed by atoms with Gasteiger partial charge in [-0.15, -0.1) is 0 Å². The van der Waals surface area contributed by atoms with E-state index < -0.39 is 0 Å². The largest absolute Gasteiger partial charge is 0.259 e. The number of hydrogen-bond acceptors (Lipinski definition) is 1. The molecule has 1 nitrogen and oxygen atoms in total. The standard InChI is InChI=1S/C9H8ClN/c10-8-5-1-3-7-4-2-6-11-9(7)8/h1,3,5-6H,2,4H2. The topological polar surface area (TPSA) is 12.4 Å². The molecule has 56 valence electrons.